The van der Waals surface area contributed by atoms with Crippen LogP contribution in [0.15, 0.2) is 88.3 Å². The molecule has 0 saturated heterocycles. The van der Waals surface area contributed by atoms with Gasteiger partial charge in [-0.3, -0.25) is 0 Å². The van der Waals surface area contributed by atoms with Gasteiger partial charge in [-0.05, 0) is 78.8 Å². The number of nitriles is 1. The quantitative estimate of drug-likeness (QED) is 0.112. The first-order valence-corrected chi connectivity index (χ1v) is 15.4. The van der Waals surface area contributed by atoms with Crippen molar-refractivity contribution in [3.63, 3.8) is 0 Å². The van der Waals surface area contributed by atoms with Crippen molar-refractivity contribution in [3.05, 3.63) is 120 Å². The molecule has 0 radical (unpaired) electrons. The van der Waals surface area contributed by atoms with E-state index in [9.17, 15) is 5.26 Å². The zero-order valence-corrected chi connectivity index (χ0v) is 27.4. The largest absolute Gasteiger partial charge is 0.490 e. The van der Waals surface area contributed by atoms with Crippen LogP contribution in [0.3, 0.4) is 0 Å². The summed E-state index contributed by atoms with van der Waals surface area (Å²) in [6.07, 6.45) is 1.67. The van der Waals surface area contributed by atoms with Crippen molar-refractivity contribution in [1.82, 2.24) is 0 Å². The van der Waals surface area contributed by atoms with E-state index in [1.165, 1.54) is 0 Å². The van der Waals surface area contributed by atoms with Crippen molar-refractivity contribution < 1.29 is 13.9 Å². The third kappa shape index (κ3) is 7.07. The van der Waals surface area contributed by atoms with Gasteiger partial charge in [0.25, 0.3) is 0 Å². The molecule has 5 nitrogen and oxygen atoms in total. The Morgan fingerprint density at radius 2 is 1.58 bits per heavy atom. The van der Waals surface area contributed by atoms with Gasteiger partial charge in [0.2, 0.25) is 5.88 Å². The Kier molecular flexibility index (Phi) is 9.76. The second kappa shape index (κ2) is 13.7. The van der Waals surface area contributed by atoms with Gasteiger partial charge in [0.15, 0.2) is 11.5 Å². The molecular formula is C35H27Cl2IN2O3. The molecule has 0 saturated carbocycles. The molecule has 1 aromatic heterocycles. The van der Waals surface area contributed by atoms with Crippen molar-refractivity contribution >= 4 is 57.9 Å². The molecule has 0 amide bonds. The van der Waals surface area contributed by atoms with E-state index >= 15 is 0 Å². The molecule has 1 heterocycles. The second-order valence-corrected chi connectivity index (χ2v) is 11.9. The summed E-state index contributed by atoms with van der Waals surface area (Å²) in [5.74, 6) is 2.01. The van der Waals surface area contributed by atoms with Crippen LogP contribution in [0.4, 0.5) is 5.88 Å². The number of nitrogens with zero attached hydrogens (tertiary/aromatic N) is 2. The van der Waals surface area contributed by atoms with Crippen LogP contribution in [-0.4, -0.2) is 12.8 Å². The maximum absolute atomic E-state index is 10.3. The molecule has 0 bridgehead atoms. The van der Waals surface area contributed by atoms with Gasteiger partial charge in [-0.25, -0.2) is 4.99 Å². The number of hydrogen-bond acceptors (Lipinski definition) is 5. The predicted octanol–water partition coefficient (Wildman–Crippen LogP) is 10.7. The van der Waals surface area contributed by atoms with Crippen molar-refractivity contribution in [2.45, 2.75) is 27.4 Å². The highest BCUT2D eigenvalue weighted by atomic mass is 127. The number of aliphatic imine (C=N–C) groups is 1. The SMILES string of the molecule is CCOc1cc(C=Nc2oc(-c3ccc(C)cc3)c(-c3ccc(C)cc3)c2C#N)cc(I)c1OCc1ccc(Cl)cc1Cl. The van der Waals surface area contributed by atoms with Crippen LogP contribution in [0, 0.1) is 28.7 Å². The predicted molar refractivity (Wildman–Crippen MR) is 182 cm³/mol. The summed E-state index contributed by atoms with van der Waals surface area (Å²) in [4.78, 5) is 4.66. The summed E-state index contributed by atoms with van der Waals surface area (Å²) >= 11 is 14.6. The van der Waals surface area contributed by atoms with Crippen LogP contribution >= 0.6 is 45.8 Å². The number of benzene rings is 4. The van der Waals surface area contributed by atoms with Crippen LogP contribution in [-0.2, 0) is 6.61 Å². The summed E-state index contributed by atoms with van der Waals surface area (Å²) < 4.78 is 19.2. The lowest BCUT2D eigenvalue weighted by Gasteiger charge is -2.15. The van der Waals surface area contributed by atoms with Gasteiger partial charge < -0.3 is 13.9 Å². The van der Waals surface area contributed by atoms with E-state index in [2.05, 4.69) is 33.7 Å². The standard InChI is InChI=1S/C35H27Cl2IN2O3/c1-4-41-31-16-23(15-30(38)34(31)42-20-26-13-14-27(36)17-29(26)37)19-40-35-28(18-39)32(24-9-5-21(2)6-10-24)33(43-35)25-11-7-22(3)8-12-25/h5-17,19H,4,20H2,1-3H3. The van der Waals surface area contributed by atoms with Crippen LogP contribution in [0.5, 0.6) is 11.5 Å². The smallest absolute Gasteiger partial charge is 0.238 e. The molecule has 0 aliphatic rings. The fourth-order valence-corrected chi connectivity index (χ4v) is 5.75. The van der Waals surface area contributed by atoms with E-state index in [1.54, 1.807) is 18.3 Å². The van der Waals surface area contributed by atoms with E-state index in [0.717, 1.165) is 37.0 Å². The first-order valence-electron chi connectivity index (χ1n) is 13.6. The number of hydrogen-bond donors (Lipinski definition) is 0. The lowest BCUT2D eigenvalue weighted by atomic mass is 9.97. The van der Waals surface area contributed by atoms with E-state index in [4.69, 9.17) is 37.1 Å². The number of halogens is 3. The first-order chi connectivity index (χ1) is 20.8. The lowest BCUT2D eigenvalue weighted by molar-refractivity contribution is 0.267. The lowest BCUT2D eigenvalue weighted by Crippen LogP contribution is -2.03. The minimum Gasteiger partial charge on any atom is -0.490 e. The molecule has 0 atom stereocenters. The van der Waals surface area contributed by atoms with Crippen molar-refractivity contribution in [1.29, 1.82) is 5.26 Å². The zero-order chi connectivity index (χ0) is 30.5. The highest BCUT2D eigenvalue weighted by Gasteiger charge is 2.23. The normalized spacial score (nSPS) is 11.1. The minimum atomic E-state index is 0.235. The van der Waals surface area contributed by atoms with Crippen molar-refractivity contribution in [2.24, 2.45) is 4.99 Å². The zero-order valence-electron chi connectivity index (χ0n) is 23.8. The number of aryl methyl sites for hydroxylation is 2. The Morgan fingerprint density at radius 3 is 2.21 bits per heavy atom. The van der Waals surface area contributed by atoms with E-state index < -0.39 is 0 Å². The summed E-state index contributed by atoms with van der Waals surface area (Å²) in [6.45, 7) is 6.67. The third-order valence-corrected chi connectivity index (χ3v) is 8.09. The Balaban J connectivity index is 1.52. The van der Waals surface area contributed by atoms with Crippen LogP contribution in [0.2, 0.25) is 10.0 Å². The number of ether oxygens (including phenoxy) is 2. The Bertz CT molecular complexity index is 1840. The molecule has 43 heavy (non-hydrogen) atoms. The molecule has 0 aliphatic carbocycles. The summed E-state index contributed by atoms with van der Waals surface area (Å²) in [6, 6.07) is 27.5. The average Bonchev–Trinajstić information content (AvgIpc) is 3.36. The Labute approximate surface area is 274 Å². The van der Waals surface area contributed by atoms with Crippen molar-refractivity contribution in [2.75, 3.05) is 6.61 Å². The molecule has 216 valence electrons. The molecule has 4 aromatic carbocycles. The highest BCUT2D eigenvalue weighted by Crippen LogP contribution is 2.43. The number of rotatable bonds is 9. The summed E-state index contributed by atoms with van der Waals surface area (Å²) in [5, 5.41) is 11.4. The van der Waals surface area contributed by atoms with Gasteiger partial charge in [-0.15, -0.1) is 0 Å². The minimum absolute atomic E-state index is 0.235. The molecule has 0 unspecified atom stereocenters. The van der Waals surface area contributed by atoms with E-state index in [0.29, 0.717) is 45.0 Å². The monoisotopic (exact) mass is 720 g/mol. The van der Waals surface area contributed by atoms with Gasteiger partial charge in [0.1, 0.15) is 24.0 Å². The Hall–Kier alpha value is -3.77. The van der Waals surface area contributed by atoms with Crippen LogP contribution in [0.1, 0.15) is 34.7 Å². The van der Waals surface area contributed by atoms with Gasteiger partial charge in [0, 0.05) is 33.0 Å². The van der Waals surface area contributed by atoms with Gasteiger partial charge in [0.05, 0.1) is 10.2 Å². The van der Waals surface area contributed by atoms with E-state index in [-0.39, 0.29) is 12.5 Å². The van der Waals surface area contributed by atoms with Gasteiger partial charge in [-0.2, -0.15) is 5.26 Å². The molecule has 0 fully saturated rings. The van der Waals surface area contributed by atoms with Crippen LogP contribution < -0.4 is 9.47 Å². The summed E-state index contributed by atoms with van der Waals surface area (Å²) in [5.41, 5.74) is 6.68. The first kappa shape index (κ1) is 30.7. The van der Waals surface area contributed by atoms with Gasteiger partial charge >= 0.3 is 0 Å². The maximum Gasteiger partial charge on any atom is 0.238 e. The topological polar surface area (TPSA) is 67.8 Å². The molecular weight excluding hydrogens is 694 g/mol. The van der Waals surface area contributed by atoms with Crippen LogP contribution in [0.25, 0.3) is 22.5 Å². The molecule has 8 heteroatoms. The Morgan fingerprint density at radius 1 is 0.907 bits per heavy atom. The summed E-state index contributed by atoms with van der Waals surface area (Å²) in [7, 11) is 0. The third-order valence-electron chi connectivity index (χ3n) is 6.71. The van der Waals surface area contributed by atoms with Gasteiger partial charge in [-0.1, -0.05) is 88.9 Å². The van der Waals surface area contributed by atoms with E-state index in [1.807, 2.05) is 87.5 Å². The fraction of sp³-hybridized carbons (Fsp3) is 0.143. The molecule has 0 N–H and O–H groups in total. The maximum atomic E-state index is 10.3. The molecule has 5 rings (SSSR count). The fourth-order valence-electron chi connectivity index (χ4n) is 4.50. The molecule has 5 aromatic rings. The number of furan rings is 1. The van der Waals surface area contributed by atoms with Crippen molar-refractivity contribution in [3.8, 4) is 40.0 Å². The highest BCUT2D eigenvalue weighted by molar-refractivity contribution is 14.1. The average molecular weight is 721 g/mol. The second-order valence-electron chi connectivity index (χ2n) is 9.88. The molecule has 0 aliphatic heterocycles. The molecule has 0 spiro atoms.